The van der Waals surface area contributed by atoms with Crippen LogP contribution in [0.2, 0.25) is 28.2 Å². The molecule has 0 saturated heterocycles. The van der Waals surface area contributed by atoms with E-state index in [-0.39, 0.29) is 16.9 Å². The summed E-state index contributed by atoms with van der Waals surface area (Å²) in [5.41, 5.74) is 3.77. The molecule has 1 aromatic heterocycles. The molecule has 8 heteroatoms. The molecule has 0 aliphatic carbocycles. The summed E-state index contributed by atoms with van der Waals surface area (Å²) < 4.78 is 6.28. The van der Waals surface area contributed by atoms with E-state index in [9.17, 15) is 4.79 Å². The zero-order valence-electron chi connectivity index (χ0n) is 18.8. The molecule has 0 bridgehead atoms. The molecular weight excluding hydrogens is 437 g/mol. The van der Waals surface area contributed by atoms with Crippen molar-refractivity contribution in [1.82, 2.24) is 10.3 Å². The number of carbonyl (C=O) groups excluding carboxylic acids is 1. The van der Waals surface area contributed by atoms with Gasteiger partial charge in [-0.15, -0.1) is 0 Å². The number of nitrogens with one attached hydrogen (secondary N) is 3. The number of aromatic amines is 1. The third-order valence-electron chi connectivity index (χ3n) is 6.50. The van der Waals surface area contributed by atoms with Crippen molar-refractivity contribution in [3.8, 4) is 0 Å². The molecule has 1 aliphatic heterocycles. The fourth-order valence-electron chi connectivity index (χ4n) is 3.64. The number of rotatable bonds is 6. The van der Waals surface area contributed by atoms with Crippen LogP contribution in [0.15, 0.2) is 6.07 Å². The van der Waals surface area contributed by atoms with Crippen molar-refractivity contribution in [2.75, 3.05) is 25.0 Å². The van der Waals surface area contributed by atoms with E-state index < -0.39 is 8.32 Å². The number of halogens is 2. The van der Waals surface area contributed by atoms with E-state index in [1.807, 2.05) is 13.0 Å². The molecule has 0 saturated carbocycles. The highest BCUT2D eigenvalue weighted by Crippen LogP contribution is 2.42. The molecule has 0 fully saturated rings. The molecule has 1 aromatic carbocycles. The molecule has 3 N–H and O–H groups in total. The lowest BCUT2D eigenvalue weighted by molar-refractivity contribution is -0.121. The van der Waals surface area contributed by atoms with Crippen molar-refractivity contribution in [2.45, 2.75) is 64.6 Å². The van der Waals surface area contributed by atoms with Gasteiger partial charge in [-0.2, -0.15) is 0 Å². The van der Waals surface area contributed by atoms with Gasteiger partial charge in [-0.05, 0) is 43.1 Å². The molecule has 2 aromatic rings. The fraction of sp³-hybridized carbons (Fsp3) is 0.591. The van der Waals surface area contributed by atoms with Crippen LogP contribution in [-0.2, 0) is 15.6 Å². The van der Waals surface area contributed by atoms with Gasteiger partial charge in [0.25, 0.3) is 0 Å². The smallest absolute Gasteiger partial charge is 0.227 e. The summed E-state index contributed by atoms with van der Waals surface area (Å²) in [5.74, 6) is -0.217. The van der Waals surface area contributed by atoms with Crippen molar-refractivity contribution in [2.24, 2.45) is 0 Å². The normalized spacial score (nSPS) is 17.6. The Morgan fingerprint density at radius 2 is 2.00 bits per heavy atom. The summed E-state index contributed by atoms with van der Waals surface area (Å²) in [6, 6.07) is 1.87. The number of fused-ring (bicyclic) bond motifs is 3. The van der Waals surface area contributed by atoms with Crippen molar-refractivity contribution in [3.63, 3.8) is 0 Å². The highest BCUT2D eigenvalue weighted by molar-refractivity contribution is 6.74. The molecule has 0 radical (unpaired) electrons. The van der Waals surface area contributed by atoms with Gasteiger partial charge >= 0.3 is 0 Å². The minimum Gasteiger partial charge on any atom is -0.417 e. The zero-order valence-corrected chi connectivity index (χ0v) is 21.3. The Morgan fingerprint density at radius 3 is 2.67 bits per heavy atom. The Hall–Kier alpha value is -1.21. The van der Waals surface area contributed by atoms with E-state index in [1.165, 1.54) is 0 Å². The molecule has 30 heavy (non-hydrogen) atoms. The highest BCUT2D eigenvalue weighted by Gasteiger charge is 2.36. The van der Waals surface area contributed by atoms with Gasteiger partial charge in [-0.1, -0.05) is 44.0 Å². The molecule has 0 spiro atoms. The zero-order chi connectivity index (χ0) is 22.3. The van der Waals surface area contributed by atoms with Crippen LogP contribution in [-0.4, -0.2) is 38.9 Å². The van der Waals surface area contributed by atoms with Gasteiger partial charge in [-0.3, -0.25) is 4.79 Å². The van der Waals surface area contributed by atoms with Crippen LogP contribution < -0.4 is 10.6 Å². The Morgan fingerprint density at radius 1 is 1.30 bits per heavy atom. The number of carbonyl (C=O) groups is 1. The van der Waals surface area contributed by atoms with Gasteiger partial charge in [0.15, 0.2) is 8.32 Å². The monoisotopic (exact) mass is 469 g/mol. The van der Waals surface area contributed by atoms with Crippen LogP contribution in [0.4, 0.5) is 5.69 Å². The third kappa shape index (κ3) is 4.52. The second-order valence-electron chi connectivity index (χ2n) is 9.64. The predicted molar refractivity (Wildman–Crippen MR) is 130 cm³/mol. The largest absolute Gasteiger partial charge is 0.417 e. The maximum Gasteiger partial charge on any atom is 0.227 e. The van der Waals surface area contributed by atoms with E-state index >= 15 is 0 Å². The van der Waals surface area contributed by atoms with Gasteiger partial charge in [-0.25, -0.2) is 0 Å². The lowest BCUT2D eigenvalue weighted by atomic mass is 9.96. The molecule has 1 aliphatic rings. The molecule has 166 valence electrons. The second-order valence-corrected chi connectivity index (χ2v) is 15.2. The Balaban J connectivity index is 1.82. The van der Waals surface area contributed by atoms with Crippen LogP contribution in [0.3, 0.4) is 0 Å². The van der Waals surface area contributed by atoms with E-state index in [0.29, 0.717) is 16.6 Å². The van der Waals surface area contributed by atoms with Crippen LogP contribution in [0, 0.1) is 0 Å². The number of hydrogen-bond donors (Lipinski definition) is 3. The first-order valence-electron chi connectivity index (χ1n) is 10.6. The number of amides is 1. The van der Waals surface area contributed by atoms with Crippen LogP contribution in [0.1, 0.15) is 51.3 Å². The minimum absolute atomic E-state index is 0.0365. The summed E-state index contributed by atoms with van der Waals surface area (Å²) in [5, 5.41) is 8.65. The predicted octanol–water partition coefficient (Wildman–Crippen LogP) is 6.07. The average Bonchev–Trinajstić information content (AvgIpc) is 2.97. The van der Waals surface area contributed by atoms with E-state index in [0.717, 1.165) is 53.8 Å². The maximum atomic E-state index is 12.4. The van der Waals surface area contributed by atoms with Gasteiger partial charge in [0, 0.05) is 42.9 Å². The van der Waals surface area contributed by atoms with Crippen molar-refractivity contribution in [1.29, 1.82) is 0 Å². The first kappa shape index (κ1) is 23.5. The van der Waals surface area contributed by atoms with Crippen molar-refractivity contribution in [3.05, 3.63) is 27.4 Å². The summed E-state index contributed by atoms with van der Waals surface area (Å²) in [4.78, 5) is 15.9. The third-order valence-corrected chi connectivity index (χ3v) is 11.8. The fourth-order valence-corrected chi connectivity index (χ4v) is 5.13. The number of aromatic nitrogens is 1. The van der Waals surface area contributed by atoms with Gasteiger partial charge in [0.05, 0.1) is 21.5 Å². The van der Waals surface area contributed by atoms with E-state index in [4.69, 9.17) is 27.6 Å². The summed E-state index contributed by atoms with van der Waals surface area (Å²) in [7, 11) is -1.74. The SMILES string of the molecule is CC1C(=O)NCCc2[nH]c3c(Cl)c(Cl)cc(NCCCO[Si](C)(C)C(C)(C)C)c3c21. The maximum absolute atomic E-state index is 12.4. The van der Waals surface area contributed by atoms with Gasteiger partial charge < -0.3 is 20.0 Å². The number of anilines is 1. The molecule has 2 heterocycles. The van der Waals surface area contributed by atoms with E-state index in [1.54, 1.807) is 0 Å². The molecule has 1 unspecified atom stereocenters. The second kappa shape index (κ2) is 8.73. The van der Waals surface area contributed by atoms with Gasteiger partial charge in [0.2, 0.25) is 5.91 Å². The average molecular weight is 471 g/mol. The number of benzene rings is 1. The molecule has 3 rings (SSSR count). The van der Waals surface area contributed by atoms with Crippen LogP contribution >= 0.6 is 23.2 Å². The number of hydrogen-bond acceptors (Lipinski definition) is 3. The first-order chi connectivity index (χ1) is 13.9. The first-order valence-corrected chi connectivity index (χ1v) is 14.3. The Labute approximate surface area is 190 Å². The standard InChI is InChI=1S/C22H33Cl2N3O2Si/c1-13-17-15(8-10-26-21(13)28)27-20-18(17)16(12-14(23)19(20)24)25-9-7-11-29-30(5,6)22(2,3)4/h12-13,25,27H,7-11H2,1-6H3,(H,26,28). The summed E-state index contributed by atoms with van der Waals surface area (Å²) in [6.45, 7) is 15.3. The quantitative estimate of drug-likeness (QED) is 0.354. The van der Waals surface area contributed by atoms with Crippen LogP contribution in [0.5, 0.6) is 0 Å². The topological polar surface area (TPSA) is 66.2 Å². The molecular formula is C22H33Cl2N3O2Si. The van der Waals surface area contributed by atoms with Crippen LogP contribution in [0.25, 0.3) is 10.9 Å². The van der Waals surface area contributed by atoms with Gasteiger partial charge in [0.1, 0.15) is 0 Å². The molecule has 5 nitrogen and oxygen atoms in total. The Kier molecular flexibility index (Phi) is 6.82. The lowest BCUT2D eigenvalue weighted by Crippen LogP contribution is -2.41. The minimum atomic E-state index is -1.74. The lowest BCUT2D eigenvalue weighted by Gasteiger charge is -2.36. The summed E-state index contributed by atoms with van der Waals surface area (Å²) >= 11 is 12.9. The molecule has 1 atom stereocenters. The van der Waals surface area contributed by atoms with Crippen molar-refractivity contribution >= 4 is 54.0 Å². The highest BCUT2D eigenvalue weighted by atomic mass is 35.5. The Bertz CT molecular complexity index is 950. The van der Waals surface area contributed by atoms with E-state index in [2.05, 4.69) is 49.5 Å². The summed E-state index contributed by atoms with van der Waals surface area (Å²) in [6.07, 6.45) is 1.63. The molecule has 1 amide bonds. The van der Waals surface area contributed by atoms with Crippen molar-refractivity contribution < 1.29 is 9.22 Å². The number of H-pyrrole nitrogens is 1.